The van der Waals surface area contributed by atoms with Crippen molar-refractivity contribution >= 4 is 21.6 Å². The molecule has 1 fully saturated rings. The molecule has 1 aliphatic heterocycles. The van der Waals surface area contributed by atoms with Gasteiger partial charge in [-0.05, 0) is 38.0 Å². The van der Waals surface area contributed by atoms with Crippen LogP contribution in [0.25, 0.3) is 0 Å². The number of nitrogens with one attached hydrogen (secondary N) is 2. The molecule has 2 heterocycles. The van der Waals surface area contributed by atoms with Gasteiger partial charge in [-0.3, -0.25) is 9.89 Å². The van der Waals surface area contributed by atoms with Gasteiger partial charge in [0.15, 0.2) is 0 Å². The average Bonchev–Trinajstić information content (AvgIpc) is 3.00. The predicted octanol–water partition coefficient (Wildman–Crippen LogP) is 1.30. The number of carbonyl (C=O) groups is 1. The van der Waals surface area contributed by atoms with E-state index in [1.807, 2.05) is 24.3 Å². The molecule has 0 aliphatic carbocycles. The van der Waals surface area contributed by atoms with E-state index in [1.165, 1.54) is 5.56 Å². The molecule has 1 atom stereocenters. The second kappa shape index (κ2) is 7.79. The number of H-pyrrole nitrogens is 1. The van der Waals surface area contributed by atoms with E-state index in [1.54, 1.807) is 18.7 Å². The molecule has 0 radical (unpaired) electrons. The third-order valence-electron chi connectivity index (χ3n) is 4.62. The number of hydrogen-bond donors (Lipinski definition) is 2. The summed E-state index contributed by atoms with van der Waals surface area (Å²) in [6.07, 6.45) is 0.491. The smallest absolute Gasteiger partial charge is 0.253 e. The van der Waals surface area contributed by atoms with Gasteiger partial charge < -0.3 is 9.64 Å². The Morgan fingerprint density at radius 2 is 2.00 bits per heavy atom. The molecule has 0 saturated carbocycles. The van der Waals surface area contributed by atoms with Crippen molar-refractivity contribution in [1.29, 1.82) is 0 Å². The summed E-state index contributed by atoms with van der Waals surface area (Å²) in [4.78, 5) is 14.0. The molecule has 1 aliphatic rings. The van der Waals surface area contributed by atoms with E-state index in [4.69, 9.17) is 4.74 Å². The summed E-state index contributed by atoms with van der Waals surface area (Å²) < 4.78 is 33.2. The Labute approximate surface area is 159 Å². The standard InChI is InChI=1S/C18H24N4O4S/c1-4-14-5-7-15(8-6-14)22-10-16(26-11-17(22)23)9-19-27(24,25)18-12(2)20-21-13(18)3/h5-8,16,19H,4,9-11H2,1-3H3,(H,20,21). The van der Waals surface area contributed by atoms with Crippen molar-refractivity contribution in [3.8, 4) is 0 Å². The van der Waals surface area contributed by atoms with Gasteiger partial charge in [0.1, 0.15) is 11.5 Å². The van der Waals surface area contributed by atoms with Gasteiger partial charge >= 0.3 is 0 Å². The minimum absolute atomic E-state index is 0.0726. The molecule has 1 aromatic heterocycles. The summed E-state index contributed by atoms with van der Waals surface area (Å²) in [5.41, 5.74) is 2.87. The summed E-state index contributed by atoms with van der Waals surface area (Å²) in [6, 6.07) is 7.78. The number of rotatable bonds is 6. The maximum absolute atomic E-state index is 12.6. The van der Waals surface area contributed by atoms with Gasteiger partial charge in [-0.2, -0.15) is 5.10 Å². The Hall–Kier alpha value is -2.23. The Kier molecular flexibility index (Phi) is 5.64. The number of benzene rings is 1. The Balaban J connectivity index is 1.68. The number of anilines is 1. The fraction of sp³-hybridized carbons (Fsp3) is 0.444. The number of ether oxygens (including phenoxy) is 1. The third-order valence-corrected chi connectivity index (χ3v) is 6.30. The average molecular weight is 392 g/mol. The zero-order valence-corrected chi connectivity index (χ0v) is 16.5. The molecule has 3 rings (SSSR count). The molecule has 2 N–H and O–H groups in total. The number of nitrogens with zero attached hydrogens (tertiary/aromatic N) is 2. The fourth-order valence-corrected chi connectivity index (χ4v) is 4.55. The summed E-state index contributed by atoms with van der Waals surface area (Å²) in [5.74, 6) is -0.139. The molecular weight excluding hydrogens is 368 g/mol. The molecule has 146 valence electrons. The second-order valence-electron chi connectivity index (χ2n) is 6.57. The van der Waals surface area contributed by atoms with Gasteiger partial charge in [-0.25, -0.2) is 13.1 Å². The van der Waals surface area contributed by atoms with E-state index in [-0.39, 0.29) is 30.5 Å². The molecule has 1 amide bonds. The van der Waals surface area contributed by atoms with E-state index in [9.17, 15) is 13.2 Å². The summed E-state index contributed by atoms with van der Waals surface area (Å²) >= 11 is 0. The van der Waals surface area contributed by atoms with Gasteiger partial charge in [-0.1, -0.05) is 19.1 Å². The molecule has 1 saturated heterocycles. The quantitative estimate of drug-likeness (QED) is 0.771. The van der Waals surface area contributed by atoms with Gasteiger partial charge in [0.05, 0.1) is 24.0 Å². The molecule has 27 heavy (non-hydrogen) atoms. The number of morpholine rings is 1. The van der Waals surface area contributed by atoms with E-state index in [2.05, 4.69) is 21.8 Å². The lowest BCUT2D eigenvalue weighted by atomic mass is 10.1. The Morgan fingerprint density at radius 3 is 2.59 bits per heavy atom. The van der Waals surface area contributed by atoms with Crippen LogP contribution in [0.3, 0.4) is 0 Å². The van der Waals surface area contributed by atoms with E-state index >= 15 is 0 Å². The van der Waals surface area contributed by atoms with Crippen LogP contribution in [0.2, 0.25) is 0 Å². The van der Waals surface area contributed by atoms with Crippen molar-refractivity contribution < 1.29 is 17.9 Å². The van der Waals surface area contributed by atoms with Crippen LogP contribution < -0.4 is 9.62 Å². The number of sulfonamides is 1. The maximum atomic E-state index is 12.6. The molecular formula is C18H24N4O4S. The van der Waals surface area contributed by atoms with Crippen molar-refractivity contribution in [3.05, 3.63) is 41.2 Å². The fourth-order valence-electron chi connectivity index (χ4n) is 3.12. The lowest BCUT2D eigenvalue weighted by Crippen LogP contribution is -2.50. The summed E-state index contributed by atoms with van der Waals surface area (Å²) in [5, 5.41) is 6.60. The minimum atomic E-state index is -3.71. The van der Waals surface area contributed by atoms with Crippen LogP contribution in [0.5, 0.6) is 0 Å². The molecule has 0 bridgehead atoms. The highest BCUT2D eigenvalue weighted by atomic mass is 32.2. The van der Waals surface area contributed by atoms with Crippen molar-refractivity contribution in [2.45, 2.75) is 38.2 Å². The molecule has 0 spiro atoms. The first-order valence-corrected chi connectivity index (χ1v) is 10.3. The van der Waals surface area contributed by atoms with Crippen LogP contribution in [0.4, 0.5) is 5.69 Å². The van der Waals surface area contributed by atoms with Crippen molar-refractivity contribution in [3.63, 3.8) is 0 Å². The largest absolute Gasteiger partial charge is 0.365 e. The number of hydrogen-bond acceptors (Lipinski definition) is 5. The molecule has 8 nitrogen and oxygen atoms in total. The van der Waals surface area contributed by atoms with Crippen LogP contribution in [0.1, 0.15) is 23.9 Å². The number of carbonyl (C=O) groups excluding carboxylic acids is 1. The topological polar surface area (TPSA) is 104 Å². The van der Waals surface area contributed by atoms with E-state index in [0.717, 1.165) is 12.1 Å². The zero-order valence-electron chi connectivity index (χ0n) is 15.7. The highest BCUT2D eigenvalue weighted by molar-refractivity contribution is 7.89. The highest BCUT2D eigenvalue weighted by Gasteiger charge is 2.29. The molecule has 2 aromatic rings. The molecule has 1 aromatic carbocycles. The Morgan fingerprint density at radius 1 is 1.30 bits per heavy atom. The second-order valence-corrected chi connectivity index (χ2v) is 8.28. The summed E-state index contributed by atoms with van der Waals surface area (Å²) in [6.45, 7) is 5.65. The van der Waals surface area contributed by atoms with Crippen LogP contribution >= 0.6 is 0 Å². The van der Waals surface area contributed by atoms with Crippen LogP contribution in [0.15, 0.2) is 29.2 Å². The van der Waals surface area contributed by atoms with E-state index < -0.39 is 16.1 Å². The van der Waals surface area contributed by atoms with Gasteiger partial charge in [0.2, 0.25) is 10.0 Å². The molecule has 9 heteroatoms. The first kappa shape index (κ1) is 19.5. The Bertz CT molecular complexity index is 902. The monoisotopic (exact) mass is 392 g/mol. The minimum Gasteiger partial charge on any atom is -0.365 e. The zero-order chi connectivity index (χ0) is 19.6. The van der Waals surface area contributed by atoms with Crippen molar-refractivity contribution in [2.75, 3.05) is 24.6 Å². The molecule has 1 unspecified atom stereocenters. The lowest BCUT2D eigenvalue weighted by Gasteiger charge is -2.33. The number of amides is 1. The summed E-state index contributed by atoms with van der Waals surface area (Å²) in [7, 11) is -3.71. The van der Waals surface area contributed by atoms with Crippen molar-refractivity contribution in [2.24, 2.45) is 0 Å². The first-order valence-electron chi connectivity index (χ1n) is 8.84. The number of aryl methyl sites for hydroxylation is 3. The third kappa shape index (κ3) is 4.20. The van der Waals surface area contributed by atoms with Gasteiger partial charge in [0.25, 0.3) is 5.91 Å². The van der Waals surface area contributed by atoms with Crippen LogP contribution in [0, 0.1) is 13.8 Å². The normalized spacial score (nSPS) is 18.1. The van der Waals surface area contributed by atoms with Crippen LogP contribution in [-0.4, -0.2) is 50.3 Å². The number of aromatic amines is 1. The van der Waals surface area contributed by atoms with Gasteiger partial charge in [-0.15, -0.1) is 0 Å². The SMILES string of the molecule is CCc1ccc(N2CC(CNS(=O)(=O)c3c(C)n[nH]c3C)OCC2=O)cc1. The van der Waals surface area contributed by atoms with E-state index in [0.29, 0.717) is 11.4 Å². The van der Waals surface area contributed by atoms with Gasteiger partial charge in [0, 0.05) is 12.2 Å². The van der Waals surface area contributed by atoms with Crippen molar-refractivity contribution in [1.82, 2.24) is 14.9 Å². The highest BCUT2D eigenvalue weighted by Crippen LogP contribution is 2.20. The van der Waals surface area contributed by atoms with Crippen LogP contribution in [-0.2, 0) is 26.0 Å². The lowest BCUT2D eigenvalue weighted by molar-refractivity contribution is -0.129. The predicted molar refractivity (Wildman–Crippen MR) is 101 cm³/mol. The first-order chi connectivity index (χ1) is 12.8. The maximum Gasteiger partial charge on any atom is 0.253 e. The number of aromatic nitrogens is 2.